The molecule has 7 nitrogen and oxygen atoms in total. The Morgan fingerprint density at radius 1 is 1.20 bits per heavy atom. The van der Waals surface area contributed by atoms with Crippen LogP contribution in [0, 0.1) is 5.92 Å². The molecule has 1 N–H and O–H groups in total. The van der Waals surface area contributed by atoms with Crippen molar-refractivity contribution in [2.45, 2.75) is 25.7 Å². The van der Waals surface area contributed by atoms with E-state index in [1.165, 1.54) is 17.7 Å². The van der Waals surface area contributed by atoms with Gasteiger partial charge in [0, 0.05) is 19.4 Å². The number of hydrogen-bond donors (Lipinski definition) is 1. The summed E-state index contributed by atoms with van der Waals surface area (Å²) in [5, 5.41) is 7.36. The van der Waals surface area contributed by atoms with E-state index in [0.717, 1.165) is 19.5 Å². The number of fused-ring (bicyclic) bond motifs is 1. The van der Waals surface area contributed by atoms with E-state index < -0.39 is 0 Å². The van der Waals surface area contributed by atoms with E-state index in [4.69, 9.17) is 4.52 Å². The molecule has 4 rings (SSSR count). The van der Waals surface area contributed by atoms with E-state index in [0.29, 0.717) is 35.2 Å². The van der Waals surface area contributed by atoms with Gasteiger partial charge in [-0.25, -0.2) is 0 Å². The van der Waals surface area contributed by atoms with Crippen molar-refractivity contribution < 1.29 is 14.1 Å². The van der Waals surface area contributed by atoms with Gasteiger partial charge in [0.15, 0.2) is 5.82 Å². The minimum absolute atomic E-state index is 0.252. The number of rotatable bonds is 5. The van der Waals surface area contributed by atoms with E-state index in [2.05, 4.69) is 15.5 Å². The molecule has 1 aromatic heterocycles. The van der Waals surface area contributed by atoms with E-state index in [9.17, 15) is 9.59 Å². The highest BCUT2D eigenvalue weighted by molar-refractivity contribution is 6.21. The molecule has 1 atom stereocenters. The van der Waals surface area contributed by atoms with E-state index in [-0.39, 0.29) is 18.4 Å². The Kier molecular flexibility index (Phi) is 4.31. The van der Waals surface area contributed by atoms with Gasteiger partial charge in [-0.2, -0.15) is 4.98 Å². The zero-order chi connectivity index (χ0) is 17.2. The summed E-state index contributed by atoms with van der Waals surface area (Å²) in [6.45, 7) is 2.31. The average Bonchev–Trinajstić information content (AvgIpc) is 3.18. The molecule has 25 heavy (non-hydrogen) atoms. The van der Waals surface area contributed by atoms with Crippen molar-refractivity contribution in [3.05, 3.63) is 47.1 Å². The highest BCUT2D eigenvalue weighted by Gasteiger charge is 2.34. The number of nitrogens with zero attached hydrogens (tertiary/aromatic N) is 3. The van der Waals surface area contributed by atoms with Gasteiger partial charge in [-0.05, 0) is 44.0 Å². The van der Waals surface area contributed by atoms with Crippen molar-refractivity contribution in [1.29, 1.82) is 0 Å². The lowest BCUT2D eigenvalue weighted by Gasteiger charge is -2.20. The lowest BCUT2D eigenvalue weighted by Crippen LogP contribution is -2.32. The molecule has 1 aromatic carbocycles. The first-order valence-electron chi connectivity index (χ1n) is 8.70. The van der Waals surface area contributed by atoms with Gasteiger partial charge < -0.3 is 9.84 Å². The topological polar surface area (TPSA) is 88.3 Å². The van der Waals surface area contributed by atoms with Crippen LogP contribution in [-0.4, -0.2) is 46.5 Å². The fourth-order valence-corrected chi connectivity index (χ4v) is 3.47. The van der Waals surface area contributed by atoms with Crippen molar-refractivity contribution >= 4 is 11.8 Å². The molecule has 7 heteroatoms. The van der Waals surface area contributed by atoms with Crippen molar-refractivity contribution in [3.8, 4) is 0 Å². The van der Waals surface area contributed by atoms with Gasteiger partial charge in [0.25, 0.3) is 11.8 Å². The molecule has 0 aliphatic carbocycles. The van der Waals surface area contributed by atoms with E-state index in [1.807, 2.05) is 0 Å². The average molecular weight is 340 g/mol. The van der Waals surface area contributed by atoms with Crippen molar-refractivity contribution in [2.75, 3.05) is 19.6 Å². The SMILES string of the molecule is O=C1c2ccccc2C(=O)N1CCc1noc(C[C@H]2CCCNC2)n1. The Bertz CT molecular complexity index is 760. The molecule has 130 valence electrons. The first-order chi connectivity index (χ1) is 12.2. The summed E-state index contributed by atoms with van der Waals surface area (Å²) in [7, 11) is 0. The Hall–Kier alpha value is -2.54. The van der Waals surface area contributed by atoms with Crippen molar-refractivity contribution in [3.63, 3.8) is 0 Å². The number of nitrogens with one attached hydrogen (secondary N) is 1. The second-order valence-electron chi connectivity index (χ2n) is 6.58. The van der Waals surface area contributed by atoms with E-state index in [1.54, 1.807) is 24.3 Å². The second-order valence-corrected chi connectivity index (χ2v) is 6.58. The molecular weight excluding hydrogens is 320 g/mol. The van der Waals surface area contributed by atoms with Crippen molar-refractivity contribution in [2.24, 2.45) is 5.92 Å². The van der Waals surface area contributed by atoms with E-state index >= 15 is 0 Å². The summed E-state index contributed by atoms with van der Waals surface area (Å²) in [6.07, 6.45) is 3.51. The molecule has 2 amide bonds. The van der Waals surface area contributed by atoms with Crippen LogP contribution in [0.15, 0.2) is 28.8 Å². The minimum Gasteiger partial charge on any atom is -0.339 e. The normalized spacial score (nSPS) is 20.2. The summed E-state index contributed by atoms with van der Waals surface area (Å²) in [6, 6.07) is 6.89. The predicted molar refractivity (Wildman–Crippen MR) is 89.1 cm³/mol. The van der Waals surface area contributed by atoms with Crippen LogP contribution in [0.3, 0.4) is 0 Å². The van der Waals surface area contributed by atoms with Crippen LogP contribution in [0.25, 0.3) is 0 Å². The number of hydrogen-bond acceptors (Lipinski definition) is 6. The van der Waals surface area contributed by atoms with Gasteiger partial charge >= 0.3 is 0 Å². The highest BCUT2D eigenvalue weighted by atomic mass is 16.5. The molecule has 0 spiro atoms. The Morgan fingerprint density at radius 2 is 1.96 bits per heavy atom. The van der Waals surface area contributed by atoms with Crippen LogP contribution in [0.1, 0.15) is 45.3 Å². The molecule has 2 aromatic rings. The quantitative estimate of drug-likeness (QED) is 0.829. The summed E-state index contributed by atoms with van der Waals surface area (Å²) >= 11 is 0. The number of piperidine rings is 1. The zero-order valence-corrected chi connectivity index (χ0v) is 13.9. The molecule has 0 unspecified atom stereocenters. The number of carbonyl (C=O) groups is 2. The molecular formula is C18H20N4O3. The molecule has 2 aliphatic heterocycles. The van der Waals surface area contributed by atoms with Gasteiger partial charge in [-0.15, -0.1) is 0 Å². The summed E-state index contributed by atoms with van der Waals surface area (Å²) in [5.41, 5.74) is 0.928. The largest absolute Gasteiger partial charge is 0.339 e. The highest BCUT2D eigenvalue weighted by Crippen LogP contribution is 2.22. The van der Waals surface area contributed by atoms with Crippen LogP contribution < -0.4 is 5.32 Å². The van der Waals surface area contributed by atoms with Crippen LogP contribution in [0.4, 0.5) is 0 Å². The van der Waals surface area contributed by atoms with Crippen LogP contribution >= 0.6 is 0 Å². The fraction of sp³-hybridized carbons (Fsp3) is 0.444. The summed E-state index contributed by atoms with van der Waals surface area (Å²) in [4.78, 5) is 30.3. The van der Waals surface area contributed by atoms with Crippen LogP contribution in [0.5, 0.6) is 0 Å². The van der Waals surface area contributed by atoms with Gasteiger partial charge in [0.1, 0.15) is 0 Å². The number of amides is 2. The number of imide groups is 1. The number of aromatic nitrogens is 2. The van der Waals surface area contributed by atoms with Crippen LogP contribution in [-0.2, 0) is 12.8 Å². The number of carbonyl (C=O) groups excluding carboxylic acids is 2. The van der Waals surface area contributed by atoms with Crippen LogP contribution in [0.2, 0.25) is 0 Å². The van der Waals surface area contributed by atoms with Gasteiger partial charge in [0.05, 0.1) is 11.1 Å². The Morgan fingerprint density at radius 3 is 2.64 bits per heavy atom. The number of benzene rings is 1. The third-order valence-electron chi connectivity index (χ3n) is 4.81. The first-order valence-corrected chi connectivity index (χ1v) is 8.70. The third-order valence-corrected chi connectivity index (χ3v) is 4.81. The molecule has 0 bridgehead atoms. The lowest BCUT2D eigenvalue weighted by atomic mass is 9.96. The van der Waals surface area contributed by atoms with Gasteiger partial charge in [-0.3, -0.25) is 14.5 Å². The molecule has 1 saturated heterocycles. The first kappa shape index (κ1) is 16.0. The molecule has 0 saturated carbocycles. The fourth-order valence-electron chi connectivity index (χ4n) is 3.47. The minimum atomic E-state index is -0.252. The molecule has 3 heterocycles. The Balaban J connectivity index is 1.36. The van der Waals surface area contributed by atoms with Gasteiger partial charge in [-0.1, -0.05) is 17.3 Å². The monoisotopic (exact) mass is 340 g/mol. The zero-order valence-electron chi connectivity index (χ0n) is 13.9. The molecule has 1 fully saturated rings. The molecule has 0 radical (unpaired) electrons. The maximum atomic E-state index is 12.3. The summed E-state index contributed by atoms with van der Waals surface area (Å²) < 4.78 is 5.32. The van der Waals surface area contributed by atoms with Gasteiger partial charge in [0.2, 0.25) is 5.89 Å². The maximum Gasteiger partial charge on any atom is 0.261 e. The maximum absolute atomic E-state index is 12.3. The second kappa shape index (κ2) is 6.76. The lowest BCUT2D eigenvalue weighted by molar-refractivity contribution is 0.0655. The standard InChI is InChI=1S/C18H20N4O3/c23-17-13-5-1-2-6-14(13)18(24)22(17)9-7-15-20-16(25-21-15)10-12-4-3-8-19-11-12/h1-2,5-6,12,19H,3-4,7-11H2/t12-/m1/s1. The van der Waals surface area contributed by atoms with Crippen molar-refractivity contribution in [1.82, 2.24) is 20.4 Å². The smallest absolute Gasteiger partial charge is 0.261 e. The Labute approximate surface area is 145 Å². The predicted octanol–water partition coefficient (Wildman–Crippen LogP) is 1.45. The third kappa shape index (κ3) is 3.19. The molecule has 2 aliphatic rings. The summed E-state index contributed by atoms with van der Waals surface area (Å²) in [5.74, 6) is 1.19.